The first-order valence-electron chi connectivity index (χ1n) is 15.1. The lowest BCUT2D eigenvalue weighted by Crippen LogP contribution is -2.51. The summed E-state index contributed by atoms with van der Waals surface area (Å²) in [5.74, 6) is 0.143. The minimum atomic E-state index is -0.501. The number of ether oxygens (including phenoxy) is 2. The smallest absolute Gasteiger partial charge is 0.315 e. The number of hydrogen-bond donors (Lipinski definition) is 3. The predicted octanol–water partition coefficient (Wildman–Crippen LogP) is 4.61. The molecule has 2 aliphatic rings. The number of urea groups is 1. The Morgan fingerprint density at radius 1 is 0.810 bits per heavy atom. The van der Waals surface area contributed by atoms with E-state index in [1.807, 2.05) is 43.3 Å². The van der Waals surface area contributed by atoms with E-state index < -0.39 is 6.29 Å². The highest BCUT2D eigenvalue weighted by Crippen LogP contribution is 2.42. The van der Waals surface area contributed by atoms with Crippen molar-refractivity contribution in [2.75, 3.05) is 39.3 Å². The van der Waals surface area contributed by atoms with Gasteiger partial charge in [-0.1, -0.05) is 85.8 Å². The van der Waals surface area contributed by atoms with Crippen molar-refractivity contribution in [1.82, 2.24) is 20.4 Å². The Hall–Kier alpha value is -3.27. The van der Waals surface area contributed by atoms with Gasteiger partial charge in [-0.15, -0.1) is 0 Å². The van der Waals surface area contributed by atoms with Crippen molar-refractivity contribution >= 4 is 6.03 Å². The summed E-state index contributed by atoms with van der Waals surface area (Å²) in [4.78, 5) is 16.8. The van der Waals surface area contributed by atoms with Crippen LogP contribution in [0.15, 0.2) is 78.9 Å². The van der Waals surface area contributed by atoms with E-state index in [1.165, 1.54) is 5.56 Å². The molecular formula is C34H44N4O4. The average Bonchev–Trinajstić information content (AvgIpc) is 3.03. The highest BCUT2D eigenvalue weighted by Gasteiger charge is 2.39. The molecule has 3 aromatic carbocycles. The summed E-state index contributed by atoms with van der Waals surface area (Å²) >= 11 is 0. The Bertz CT molecular complexity index is 1250. The summed E-state index contributed by atoms with van der Waals surface area (Å²) in [7, 11) is 0. The largest absolute Gasteiger partial charge is 0.392 e. The third kappa shape index (κ3) is 7.96. The van der Waals surface area contributed by atoms with Gasteiger partial charge in [0.25, 0.3) is 0 Å². The fourth-order valence-corrected chi connectivity index (χ4v) is 5.75. The first-order valence-corrected chi connectivity index (χ1v) is 15.1. The molecule has 0 radical (unpaired) electrons. The number of hydrogen-bond acceptors (Lipinski definition) is 6. The summed E-state index contributed by atoms with van der Waals surface area (Å²) in [5.41, 5.74) is 5.30. The summed E-state index contributed by atoms with van der Waals surface area (Å²) in [5, 5.41) is 15.2. The molecule has 224 valence electrons. The second-order valence-corrected chi connectivity index (χ2v) is 11.3. The van der Waals surface area contributed by atoms with E-state index in [-0.39, 0.29) is 30.8 Å². The first kappa shape index (κ1) is 30.2. The van der Waals surface area contributed by atoms with Gasteiger partial charge in [0.1, 0.15) is 0 Å². The maximum atomic E-state index is 11.8. The fraction of sp³-hybridized carbons (Fsp3) is 0.441. The number of nitrogens with zero attached hydrogens (tertiary/aromatic N) is 2. The Labute approximate surface area is 249 Å². The minimum Gasteiger partial charge on any atom is -0.392 e. The zero-order valence-electron chi connectivity index (χ0n) is 24.7. The molecule has 8 nitrogen and oxygen atoms in total. The number of piperazine rings is 1. The van der Waals surface area contributed by atoms with E-state index >= 15 is 0 Å². The fourth-order valence-electron chi connectivity index (χ4n) is 5.75. The number of aliphatic hydroxyl groups is 1. The molecule has 0 aromatic heterocycles. The number of rotatable bonds is 10. The zero-order valence-corrected chi connectivity index (χ0v) is 24.7. The van der Waals surface area contributed by atoms with Gasteiger partial charge in [-0.2, -0.15) is 0 Å². The number of benzene rings is 3. The standard InChI is InChI=1S/C34H44N4O4/c1-3-35-34(40)36-21-26-9-15-30(16-10-26)33-41-31(25(2)32(42-33)29-13-11-28(24-39)12-14-29)23-38-19-17-37(18-20-38)22-27-7-5-4-6-8-27/h4-16,25,31-33,39H,3,17-24H2,1-2H3,(H2,35,36,40). The van der Waals surface area contributed by atoms with Crippen LogP contribution in [0.4, 0.5) is 4.79 Å². The Kier molecular flexibility index (Phi) is 10.6. The lowest BCUT2D eigenvalue weighted by atomic mass is 9.90. The van der Waals surface area contributed by atoms with Gasteiger partial charge in [-0.25, -0.2) is 4.79 Å². The van der Waals surface area contributed by atoms with Gasteiger partial charge in [-0.3, -0.25) is 9.80 Å². The van der Waals surface area contributed by atoms with Crippen molar-refractivity contribution < 1.29 is 19.4 Å². The second kappa shape index (κ2) is 14.8. The molecule has 3 N–H and O–H groups in total. The lowest BCUT2D eigenvalue weighted by Gasteiger charge is -2.44. The number of amides is 2. The van der Waals surface area contributed by atoms with Gasteiger partial charge in [0, 0.05) is 63.8 Å². The molecule has 0 saturated carbocycles. The van der Waals surface area contributed by atoms with Crippen LogP contribution in [0.5, 0.6) is 0 Å². The number of aliphatic hydroxyl groups excluding tert-OH is 1. The maximum Gasteiger partial charge on any atom is 0.315 e. The molecule has 0 spiro atoms. The Balaban J connectivity index is 1.26. The van der Waals surface area contributed by atoms with E-state index in [1.54, 1.807) is 0 Å². The SMILES string of the molecule is CCNC(=O)NCc1ccc(C2OC(CN3CCN(Cc4ccccc4)CC3)C(C)C(c3ccc(CO)cc3)O2)cc1. The van der Waals surface area contributed by atoms with E-state index in [4.69, 9.17) is 9.47 Å². The quantitative estimate of drug-likeness (QED) is 0.329. The van der Waals surface area contributed by atoms with Crippen molar-refractivity contribution in [3.63, 3.8) is 0 Å². The van der Waals surface area contributed by atoms with Crippen molar-refractivity contribution in [2.45, 2.75) is 52.0 Å². The molecule has 2 fully saturated rings. The van der Waals surface area contributed by atoms with Crippen molar-refractivity contribution in [1.29, 1.82) is 0 Å². The maximum absolute atomic E-state index is 11.8. The summed E-state index contributed by atoms with van der Waals surface area (Å²) in [6, 6.07) is 26.6. The third-order valence-electron chi connectivity index (χ3n) is 8.32. The van der Waals surface area contributed by atoms with Gasteiger partial charge in [-0.05, 0) is 29.2 Å². The first-order chi connectivity index (χ1) is 20.5. The average molecular weight is 573 g/mol. The second-order valence-electron chi connectivity index (χ2n) is 11.3. The van der Waals surface area contributed by atoms with Gasteiger partial charge in [0.15, 0.2) is 6.29 Å². The molecule has 5 rings (SSSR count). The van der Waals surface area contributed by atoms with Crippen LogP contribution >= 0.6 is 0 Å². The van der Waals surface area contributed by atoms with Crippen molar-refractivity contribution in [3.8, 4) is 0 Å². The Morgan fingerprint density at radius 3 is 2.12 bits per heavy atom. The summed E-state index contributed by atoms with van der Waals surface area (Å²) < 4.78 is 13.3. The topological polar surface area (TPSA) is 86.3 Å². The molecule has 42 heavy (non-hydrogen) atoms. The van der Waals surface area contributed by atoms with Crippen LogP contribution in [-0.4, -0.2) is 66.3 Å². The number of nitrogens with one attached hydrogen (secondary N) is 2. The predicted molar refractivity (Wildman–Crippen MR) is 163 cm³/mol. The van der Waals surface area contributed by atoms with Crippen molar-refractivity contribution in [3.05, 3.63) is 107 Å². The summed E-state index contributed by atoms with van der Waals surface area (Å²) in [6.45, 7) is 11.1. The molecule has 2 saturated heterocycles. The normalized spacial score (nSPS) is 23.4. The van der Waals surface area contributed by atoms with Gasteiger partial charge < -0.3 is 25.2 Å². The highest BCUT2D eigenvalue weighted by atomic mass is 16.7. The van der Waals surface area contributed by atoms with E-state index in [9.17, 15) is 9.90 Å². The van der Waals surface area contributed by atoms with Gasteiger partial charge >= 0.3 is 6.03 Å². The van der Waals surface area contributed by atoms with E-state index in [0.717, 1.165) is 61.5 Å². The van der Waals surface area contributed by atoms with Crippen LogP contribution in [0.1, 0.15) is 54.1 Å². The monoisotopic (exact) mass is 572 g/mol. The number of carbonyl (C=O) groups excluding carboxylic acids is 1. The molecular weight excluding hydrogens is 528 g/mol. The molecule has 8 heteroatoms. The molecule has 3 aromatic rings. The summed E-state index contributed by atoms with van der Waals surface area (Å²) in [6.07, 6.45) is -0.649. The molecule has 2 heterocycles. The molecule has 2 amide bonds. The lowest BCUT2D eigenvalue weighted by molar-refractivity contribution is -0.276. The van der Waals surface area contributed by atoms with Gasteiger partial charge in [0.2, 0.25) is 0 Å². The van der Waals surface area contributed by atoms with E-state index in [0.29, 0.717) is 13.1 Å². The Morgan fingerprint density at radius 2 is 1.45 bits per heavy atom. The van der Waals surface area contributed by atoms with Crippen LogP contribution in [0.25, 0.3) is 0 Å². The van der Waals surface area contributed by atoms with Crippen LogP contribution < -0.4 is 10.6 Å². The molecule has 2 aliphatic heterocycles. The van der Waals surface area contributed by atoms with Crippen LogP contribution in [-0.2, 0) is 29.2 Å². The number of carbonyl (C=O) groups is 1. The molecule has 4 unspecified atom stereocenters. The molecule has 0 bridgehead atoms. The van der Waals surface area contributed by atoms with Gasteiger partial charge in [0.05, 0.1) is 18.8 Å². The molecule has 0 aliphatic carbocycles. The van der Waals surface area contributed by atoms with Crippen LogP contribution in [0, 0.1) is 5.92 Å². The highest BCUT2D eigenvalue weighted by molar-refractivity contribution is 5.73. The zero-order chi connectivity index (χ0) is 29.3. The molecule has 4 atom stereocenters. The van der Waals surface area contributed by atoms with Crippen molar-refractivity contribution in [2.24, 2.45) is 5.92 Å². The van der Waals surface area contributed by atoms with Crippen LogP contribution in [0.2, 0.25) is 0 Å². The third-order valence-corrected chi connectivity index (χ3v) is 8.32. The van der Waals surface area contributed by atoms with E-state index in [2.05, 4.69) is 69.8 Å². The van der Waals surface area contributed by atoms with Crippen LogP contribution in [0.3, 0.4) is 0 Å². The minimum absolute atomic E-state index is 0.00831.